The van der Waals surface area contributed by atoms with Gasteiger partial charge < -0.3 is 33.2 Å². The van der Waals surface area contributed by atoms with Gasteiger partial charge in [0.25, 0.3) is 5.79 Å². The lowest BCUT2D eigenvalue weighted by molar-refractivity contribution is -0.449. The van der Waals surface area contributed by atoms with Gasteiger partial charge in [-0.05, 0) is 51.0 Å². The maximum atomic E-state index is 15.2. The normalized spacial score (nSPS) is 51.8. The molecule has 3 saturated carbocycles. The van der Waals surface area contributed by atoms with Crippen LogP contribution in [0.5, 0.6) is 0 Å². The summed E-state index contributed by atoms with van der Waals surface area (Å²) in [5.74, 6) is -5.60. The van der Waals surface area contributed by atoms with Crippen molar-refractivity contribution in [2.24, 2.45) is 22.7 Å². The number of hydrogen-bond donors (Lipinski definition) is 0. The predicted molar refractivity (Wildman–Crippen MR) is 169 cm³/mol. The summed E-state index contributed by atoms with van der Waals surface area (Å²) < 4.78 is 68.8. The third-order valence-electron chi connectivity index (χ3n) is 12.9. The van der Waals surface area contributed by atoms with Crippen LogP contribution in [0.2, 0.25) is 0 Å². The van der Waals surface area contributed by atoms with Crippen molar-refractivity contribution in [1.82, 2.24) is 0 Å². The number of allylic oxidation sites excluding steroid dienone is 1. The lowest BCUT2D eigenvalue weighted by Gasteiger charge is -2.67. The zero-order chi connectivity index (χ0) is 35.8. The van der Waals surface area contributed by atoms with Crippen molar-refractivity contribution in [3.05, 3.63) is 23.3 Å². The van der Waals surface area contributed by atoms with Crippen molar-refractivity contribution in [2.75, 3.05) is 13.7 Å². The van der Waals surface area contributed by atoms with Crippen molar-refractivity contribution >= 4 is 46.7 Å². The molecular weight excluding hydrogens is 700 g/mol. The van der Waals surface area contributed by atoms with Crippen molar-refractivity contribution < 1.29 is 64.9 Å². The van der Waals surface area contributed by atoms with E-state index in [4.69, 9.17) is 53.1 Å². The Labute approximate surface area is 296 Å². The molecule has 0 amide bonds. The maximum absolute atomic E-state index is 15.2. The number of ketones is 1. The van der Waals surface area contributed by atoms with Crippen molar-refractivity contribution in [2.45, 2.75) is 126 Å². The first-order valence-electron chi connectivity index (χ1n) is 17.0. The molecule has 4 heterocycles. The molecule has 14 nitrogen and oxygen atoms in total. The molecule has 4 aliphatic carbocycles. The molecule has 6 fully saturated rings. The fourth-order valence-electron chi connectivity index (χ4n) is 11.0. The highest BCUT2D eigenvalue weighted by Crippen LogP contribution is 2.75. The summed E-state index contributed by atoms with van der Waals surface area (Å²) in [6, 6.07) is 0. The minimum Gasteiger partial charge on any atom is -0.458 e. The van der Waals surface area contributed by atoms with Crippen molar-refractivity contribution in [1.29, 1.82) is 0 Å². The van der Waals surface area contributed by atoms with Crippen LogP contribution in [-0.4, -0.2) is 101 Å². The molecule has 0 aromatic rings. The maximum Gasteiger partial charge on any atom is 0.331 e. The van der Waals surface area contributed by atoms with E-state index in [2.05, 4.69) is 0 Å². The molecular formula is C34H41ClO14S. The van der Waals surface area contributed by atoms with Crippen LogP contribution in [0.3, 0.4) is 0 Å². The average Bonchev–Trinajstić information content (AvgIpc) is 3.68. The Balaban J connectivity index is 1.28. The molecule has 50 heavy (non-hydrogen) atoms. The summed E-state index contributed by atoms with van der Waals surface area (Å²) in [5, 5.41) is -0.900. The van der Waals surface area contributed by atoms with Gasteiger partial charge in [0, 0.05) is 44.8 Å². The van der Waals surface area contributed by atoms with Gasteiger partial charge in [0.1, 0.15) is 30.0 Å². The van der Waals surface area contributed by atoms with Crippen LogP contribution in [0, 0.1) is 22.7 Å². The highest BCUT2D eigenvalue weighted by molar-refractivity contribution is 7.75. The number of methoxy groups -OCH3 is 1. The SMILES string of the molecule is CO[C@@H]1C[C@@H](C)O[C@H]2O[C@@H]3C=C4C[C@@H](Cl)[C@@]56OS(=O)O[C@@]57CC[C@H](C5=CC(=O)OC5)[C@@]7(C)C(=O)[C@@H](OC(C)=O)[C@@H]6[C@@]4(C)C[C@H]3O[C@]21OC(C)=O. The fraction of sp³-hybridized carbons (Fsp3) is 0.765. The van der Waals surface area contributed by atoms with Crippen LogP contribution < -0.4 is 0 Å². The van der Waals surface area contributed by atoms with E-state index in [0.717, 1.165) is 5.57 Å². The number of hydrogen-bond acceptors (Lipinski definition) is 14. The largest absolute Gasteiger partial charge is 0.458 e. The van der Waals surface area contributed by atoms with Crippen molar-refractivity contribution in [3.8, 4) is 0 Å². The van der Waals surface area contributed by atoms with Gasteiger partial charge >= 0.3 is 29.3 Å². The van der Waals surface area contributed by atoms with E-state index in [1.807, 2.05) is 19.9 Å². The molecule has 0 N–H and O–H groups in total. The number of Topliss-reactive ketones (excluding diaryl/α,β-unsaturated/α-hetero) is 1. The van der Waals surface area contributed by atoms with Gasteiger partial charge in [0.05, 0.1) is 23.0 Å². The van der Waals surface area contributed by atoms with Crippen LogP contribution in [0.4, 0.5) is 0 Å². The zero-order valence-electron chi connectivity index (χ0n) is 28.6. The van der Waals surface area contributed by atoms with Crippen LogP contribution in [0.1, 0.15) is 66.7 Å². The van der Waals surface area contributed by atoms with Crippen LogP contribution in [-0.2, 0) is 72.1 Å². The van der Waals surface area contributed by atoms with Crippen LogP contribution in [0.25, 0.3) is 0 Å². The first-order chi connectivity index (χ1) is 23.6. The topological polar surface area (TPSA) is 168 Å². The zero-order valence-corrected chi connectivity index (χ0v) is 30.2. The number of cyclic esters (lactones) is 1. The van der Waals surface area contributed by atoms with E-state index in [0.29, 0.717) is 18.4 Å². The molecule has 15 atom stereocenters. The molecule has 0 radical (unpaired) electrons. The molecule has 0 aromatic carbocycles. The number of carbonyl (C=O) groups is 4. The minimum atomic E-state index is -2.33. The number of carbonyl (C=O) groups excluding carboxylic acids is 4. The quantitative estimate of drug-likeness (QED) is 0.179. The van der Waals surface area contributed by atoms with E-state index < -0.39 is 111 Å². The molecule has 4 aliphatic heterocycles. The first kappa shape index (κ1) is 34.8. The summed E-state index contributed by atoms with van der Waals surface area (Å²) in [6.07, 6.45) is -0.354. The summed E-state index contributed by atoms with van der Waals surface area (Å²) in [7, 11) is 1.50. The van der Waals surface area contributed by atoms with Gasteiger partial charge in [-0.15, -0.1) is 11.6 Å². The molecule has 8 aliphatic rings. The monoisotopic (exact) mass is 740 g/mol. The number of ether oxygens (including phenoxy) is 7. The van der Waals surface area contributed by atoms with Gasteiger partial charge in [0.15, 0.2) is 11.9 Å². The smallest absolute Gasteiger partial charge is 0.331 e. The Kier molecular flexibility index (Phi) is 7.93. The number of halogens is 1. The third-order valence-corrected chi connectivity index (χ3v) is 14.2. The Morgan fingerprint density at radius 2 is 1.86 bits per heavy atom. The fourth-order valence-corrected chi connectivity index (χ4v) is 12.8. The lowest BCUT2D eigenvalue weighted by atomic mass is 9.41. The van der Waals surface area contributed by atoms with Gasteiger partial charge in [-0.2, -0.15) is 4.21 Å². The Morgan fingerprint density at radius 3 is 2.52 bits per heavy atom. The Morgan fingerprint density at radius 1 is 1.10 bits per heavy atom. The van der Waals surface area contributed by atoms with E-state index >= 15 is 4.79 Å². The molecule has 8 rings (SSSR count). The first-order valence-corrected chi connectivity index (χ1v) is 18.5. The van der Waals surface area contributed by atoms with Crippen LogP contribution >= 0.6 is 11.6 Å². The molecule has 2 spiro atoms. The van der Waals surface area contributed by atoms with Gasteiger partial charge in [-0.25, -0.2) is 4.79 Å². The van der Waals surface area contributed by atoms with E-state index in [9.17, 15) is 18.6 Å². The number of esters is 3. The molecule has 16 heteroatoms. The minimum absolute atomic E-state index is 0.00753. The van der Waals surface area contributed by atoms with Gasteiger partial charge in [0.2, 0.25) is 6.29 Å². The second-order valence-corrected chi connectivity index (χ2v) is 16.5. The van der Waals surface area contributed by atoms with Crippen molar-refractivity contribution in [3.63, 3.8) is 0 Å². The Hall–Kier alpha value is -2.24. The second-order valence-electron chi connectivity index (χ2n) is 15.3. The highest BCUT2D eigenvalue weighted by Gasteiger charge is 2.87. The van der Waals surface area contributed by atoms with E-state index in [1.54, 1.807) is 6.92 Å². The highest BCUT2D eigenvalue weighted by atomic mass is 35.5. The van der Waals surface area contributed by atoms with Gasteiger partial charge in [-0.1, -0.05) is 18.6 Å². The number of alkyl halides is 1. The van der Waals surface area contributed by atoms with Crippen LogP contribution in [0.15, 0.2) is 23.3 Å². The summed E-state index contributed by atoms with van der Waals surface area (Å²) in [4.78, 5) is 52.8. The molecule has 274 valence electrons. The molecule has 0 bridgehead atoms. The van der Waals surface area contributed by atoms with E-state index in [-0.39, 0.29) is 32.0 Å². The standard InChI is InChI=1S/C34H41ClO14S/c1-15-9-24(41-6)34(46-17(3)37)29(43-15)45-21-11-19-12-23(35)33-27(30(19,4)13-22(21)47-34)26(44-16(2)36)28(39)31(5)20(18-10-25(38)42-14-18)7-8-32(31,33)48-50(40)49-33/h10-11,15,20-24,26-27,29H,7-9,12-14H2,1-6H3/t15-,20-,21-,22-,23-,24-,26+,27-,29+,30+,31+,32-,33+,34+,50?/m1/s1. The van der Waals surface area contributed by atoms with Gasteiger partial charge in [-0.3, -0.25) is 22.7 Å². The lowest BCUT2D eigenvalue weighted by Crippen LogP contribution is -2.81. The van der Waals surface area contributed by atoms with E-state index in [1.165, 1.54) is 27.0 Å². The predicted octanol–water partition coefficient (Wildman–Crippen LogP) is 2.66. The molecule has 0 aromatic heterocycles. The number of rotatable bonds is 4. The molecule has 3 saturated heterocycles. The summed E-state index contributed by atoms with van der Waals surface area (Å²) in [5.41, 5.74) is -4.25. The molecule has 1 unspecified atom stereocenters. The second kappa shape index (κ2) is 11.4. The summed E-state index contributed by atoms with van der Waals surface area (Å²) >= 11 is 5.13. The summed E-state index contributed by atoms with van der Waals surface area (Å²) in [6.45, 7) is 7.98. The Bertz CT molecular complexity index is 1650. The third kappa shape index (κ3) is 4.32. The number of fused-ring (bicyclic) bond motifs is 4. The average molecular weight is 741 g/mol.